The highest BCUT2D eigenvalue weighted by molar-refractivity contribution is 5.60. The van der Waals surface area contributed by atoms with Gasteiger partial charge in [0.1, 0.15) is 0 Å². The number of aromatic nitrogens is 3. The quantitative estimate of drug-likeness (QED) is 0.704. The smallest absolute Gasteiger partial charge is 0.249 e. The number of nitrogens with zero attached hydrogens (tertiary/aromatic N) is 4. The summed E-state index contributed by atoms with van der Waals surface area (Å²) >= 11 is 0. The molecule has 3 aromatic rings. The second-order valence-corrected chi connectivity index (χ2v) is 4.83. The zero-order valence-corrected chi connectivity index (χ0v) is 12.5. The average Bonchev–Trinajstić information content (AvgIpc) is 2.63. The van der Waals surface area contributed by atoms with Gasteiger partial charge in [-0.1, -0.05) is 6.07 Å². The lowest BCUT2D eigenvalue weighted by Crippen LogP contribution is -2.05. The highest BCUT2D eigenvalue weighted by Gasteiger charge is 2.14. The molecule has 6 nitrogen and oxygen atoms in total. The van der Waals surface area contributed by atoms with Crippen LogP contribution in [0.2, 0.25) is 0 Å². The second-order valence-electron chi connectivity index (χ2n) is 4.83. The zero-order chi connectivity index (χ0) is 17.8. The Hall–Kier alpha value is -3.67. The number of rotatable bonds is 4. The summed E-state index contributed by atoms with van der Waals surface area (Å²) in [7, 11) is 0. The predicted octanol–water partition coefficient (Wildman–Crippen LogP) is 3.65. The Morgan fingerprint density at radius 3 is 2.64 bits per heavy atom. The molecule has 0 radical (unpaired) electrons. The molecule has 1 aromatic heterocycles. The molecular weight excluding hydrogens is 333 g/mol. The van der Waals surface area contributed by atoms with E-state index in [1.807, 2.05) is 6.07 Å². The van der Waals surface area contributed by atoms with Gasteiger partial charge in [0.05, 0.1) is 23.5 Å². The first-order valence-electron chi connectivity index (χ1n) is 6.94. The summed E-state index contributed by atoms with van der Waals surface area (Å²) < 4.78 is 39.9. The van der Waals surface area contributed by atoms with E-state index in [1.165, 1.54) is 6.20 Å². The minimum Gasteiger partial charge on any atom is -0.339 e. The summed E-state index contributed by atoms with van der Waals surface area (Å²) in [5, 5.41) is 21.6. The Labute approximate surface area is 140 Å². The van der Waals surface area contributed by atoms with E-state index in [1.54, 1.807) is 24.3 Å². The van der Waals surface area contributed by atoms with Crippen molar-refractivity contribution in [1.29, 1.82) is 5.26 Å². The molecule has 0 unspecified atom stereocenters. The van der Waals surface area contributed by atoms with E-state index >= 15 is 0 Å². The first kappa shape index (κ1) is 16.2. The van der Waals surface area contributed by atoms with Crippen molar-refractivity contribution in [1.82, 2.24) is 15.2 Å². The SMILES string of the molecule is N#Cc1cccc(Nc2cnnc(Nc3ccc(F)c(F)c3F)n2)c1. The molecule has 2 aromatic carbocycles. The van der Waals surface area contributed by atoms with E-state index in [2.05, 4.69) is 25.8 Å². The van der Waals surface area contributed by atoms with Gasteiger partial charge in [0.15, 0.2) is 23.3 Å². The van der Waals surface area contributed by atoms with Crippen molar-refractivity contribution in [2.75, 3.05) is 10.6 Å². The Balaban J connectivity index is 1.82. The van der Waals surface area contributed by atoms with Gasteiger partial charge in [-0.2, -0.15) is 15.3 Å². The van der Waals surface area contributed by atoms with E-state index in [0.29, 0.717) is 11.3 Å². The van der Waals surface area contributed by atoms with Gasteiger partial charge in [-0.3, -0.25) is 0 Å². The van der Waals surface area contributed by atoms with Crippen molar-refractivity contribution in [3.05, 3.63) is 65.6 Å². The molecule has 1 heterocycles. The lowest BCUT2D eigenvalue weighted by Gasteiger charge is -2.09. The van der Waals surface area contributed by atoms with Crippen LogP contribution in [0.3, 0.4) is 0 Å². The Morgan fingerprint density at radius 2 is 1.84 bits per heavy atom. The van der Waals surface area contributed by atoms with E-state index in [-0.39, 0.29) is 17.5 Å². The second kappa shape index (κ2) is 6.84. The Bertz CT molecular complexity index is 970. The number of hydrogen-bond donors (Lipinski definition) is 2. The molecule has 0 bridgehead atoms. The van der Waals surface area contributed by atoms with Crippen LogP contribution in [0.5, 0.6) is 0 Å². The minimum atomic E-state index is -1.60. The lowest BCUT2D eigenvalue weighted by atomic mass is 10.2. The van der Waals surface area contributed by atoms with Crippen molar-refractivity contribution in [2.45, 2.75) is 0 Å². The van der Waals surface area contributed by atoms with Crippen LogP contribution in [0.4, 0.5) is 36.3 Å². The molecule has 3 rings (SSSR count). The molecule has 2 N–H and O–H groups in total. The van der Waals surface area contributed by atoms with Gasteiger partial charge in [-0.25, -0.2) is 13.2 Å². The van der Waals surface area contributed by atoms with E-state index < -0.39 is 17.5 Å². The summed E-state index contributed by atoms with van der Waals surface area (Å²) in [5.74, 6) is -4.14. The largest absolute Gasteiger partial charge is 0.339 e. The van der Waals surface area contributed by atoms with Crippen LogP contribution in [0.15, 0.2) is 42.6 Å². The van der Waals surface area contributed by atoms with Gasteiger partial charge in [-0.15, -0.1) is 5.10 Å². The molecule has 0 fully saturated rings. The normalized spacial score (nSPS) is 10.2. The van der Waals surface area contributed by atoms with Gasteiger partial charge in [-0.05, 0) is 30.3 Å². The maximum atomic E-state index is 13.7. The molecule has 0 saturated carbocycles. The number of nitrogens with one attached hydrogen (secondary N) is 2. The fourth-order valence-electron chi connectivity index (χ4n) is 1.97. The van der Waals surface area contributed by atoms with Crippen molar-refractivity contribution >= 4 is 23.1 Å². The molecule has 0 aliphatic rings. The summed E-state index contributed by atoms with van der Waals surface area (Å²) in [6.07, 6.45) is 1.31. The third kappa shape index (κ3) is 3.64. The van der Waals surface area contributed by atoms with Crippen LogP contribution in [0, 0.1) is 28.8 Å². The monoisotopic (exact) mass is 342 g/mol. The van der Waals surface area contributed by atoms with Crippen molar-refractivity contribution < 1.29 is 13.2 Å². The minimum absolute atomic E-state index is 0.119. The third-order valence-electron chi connectivity index (χ3n) is 3.10. The number of halogens is 3. The number of benzene rings is 2. The maximum absolute atomic E-state index is 13.7. The molecule has 0 saturated heterocycles. The van der Waals surface area contributed by atoms with Gasteiger partial charge in [0, 0.05) is 5.69 Å². The van der Waals surface area contributed by atoms with Gasteiger partial charge in [0.2, 0.25) is 5.95 Å². The first-order chi connectivity index (χ1) is 12.1. The van der Waals surface area contributed by atoms with E-state index in [9.17, 15) is 13.2 Å². The van der Waals surface area contributed by atoms with Crippen LogP contribution in [0.1, 0.15) is 5.56 Å². The number of anilines is 4. The topological polar surface area (TPSA) is 86.5 Å². The molecule has 0 atom stereocenters. The van der Waals surface area contributed by atoms with Crippen molar-refractivity contribution in [3.63, 3.8) is 0 Å². The van der Waals surface area contributed by atoms with E-state index in [0.717, 1.165) is 12.1 Å². The van der Waals surface area contributed by atoms with Crippen LogP contribution in [0.25, 0.3) is 0 Å². The fraction of sp³-hybridized carbons (Fsp3) is 0. The summed E-state index contributed by atoms with van der Waals surface area (Å²) in [6.45, 7) is 0. The van der Waals surface area contributed by atoms with Gasteiger partial charge < -0.3 is 10.6 Å². The van der Waals surface area contributed by atoms with Crippen LogP contribution in [-0.4, -0.2) is 15.2 Å². The molecule has 0 aliphatic carbocycles. The highest BCUT2D eigenvalue weighted by atomic mass is 19.2. The standard InChI is InChI=1S/C16H9F3N6/c17-11-4-5-12(15(19)14(11)18)23-16-24-13(8-21-25-16)22-10-3-1-2-9(6-10)7-20/h1-6,8H,(H2,22,23,24,25). The predicted molar refractivity (Wildman–Crippen MR) is 83.9 cm³/mol. The van der Waals surface area contributed by atoms with E-state index in [4.69, 9.17) is 5.26 Å². The lowest BCUT2D eigenvalue weighted by molar-refractivity contribution is 0.449. The molecule has 0 spiro atoms. The molecule has 0 aliphatic heterocycles. The average molecular weight is 342 g/mol. The van der Waals surface area contributed by atoms with Gasteiger partial charge >= 0.3 is 0 Å². The number of nitriles is 1. The third-order valence-corrected chi connectivity index (χ3v) is 3.10. The summed E-state index contributed by atoms with van der Waals surface area (Å²) in [5.41, 5.74) is 0.711. The van der Waals surface area contributed by atoms with Crippen LogP contribution < -0.4 is 10.6 Å². The fourth-order valence-corrected chi connectivity index (χ4v) is 1.97. The first-order valence-corrected chi connectivity index (χ1v) is 6.94. The van der Waals surface area contributed by atoms with Crippen LogP contribution >= 0.6 is 0 Å². The molecular formula is C16H9F3N6. The Morgan fingerprint density at radius 1 is 1.00 bits per heavy atom. The van der Waals surface area contributed by atoms with Crippen molar-refractivity contribution in [2.24, 2.45) is 0 Å². The Kier molecular flexibility index (Phi) is 4.43. The van der Waals surface area contributed by atoms with Crippen molar-refractivity contribution in [3.8, 4) is 6.07 Å². The summed E-state index contributed by atoms with van der Waals surface area (Å²) in [4.78, 5) is 4.05. The van der Waals surface area contributed by atoms with Gasteiger partial charge in [0.25, 0.3) is 0 Å². The summed E-state index contributed by atoms with van der Waals surface area (Å²) in [6, 6.07) is 10.4. The molecule has 9 heteroatoms. The zero-order valence-electron chi connectivity index (χ0n) is 12.5. The number of hydrogen-bond acceptors (Lipinski definition) is 6. The molecule has 25 heavy (non-hydrogen) atoms. The highest BCUT2D eigenvalue weighted by Crippen LogP contribution is 2.22. The van der Waals surface area contributed by atoms with Crippen LogP contribution in [-0.2, 0) is 0 Å². The maximum Gasteiger partial charge on any atom is 0.249 e. The molecule has 124 valence electrons. The molecule has 0 amide bonds.